The summed E-state index contributed by atoms with van der Waals surface area (Å²) in [5.41, 5.74) is 4.24. The lowest BCUT2D eigenvalue weighted by Gasteiger charge is -2.45. The molecule has 1 aliphatic rings. The number of pyridine rings is 1. The molecule has 0 saturated heterocycles. The van der Waals surface area contributed by atoms with Gasteiger partial charge in [-0.1, -0.05) is 81.4 Å². The fraction of sp³-hybridized carbons (Fsp3) is 0.237. The maximum atomic E-state index is 10.1. The summed E-state index contributed by atoms with van der Waals surface area (Å²) < 4.78 is 44.0. The van der Waals surface area contributed by atoms with Gasteiger partial charge in [-0.15, -0.1) is 0 Å². The van der Waals surface area contributed by atoms with Gasteiger partial charge in [-0.2, -0.15) is 10.4 Å². The molecule has 0 spiro atoms. The predicted molar refractivity (Wildman–Crippen MR) is 187 cm³/mol. The van der Waals surface area contributed by atoms with E-state index in [0.29, 0.717) is 52.8 Å². The first-order valence-electron chi connectivity index (χ1n) is 17.1. The summed E-state index contributed by atoms with van der Waals surface area (Å²) >= 11 is 0. The molecule has 1 aliphatic heterocycles. The number of nitrogens with zero attached hydrogens (tertiary/aromatic N) is 4. The lowest BCUT2D eigenvalue weighted by atomic mass is 9.95. The van der Waals surface area contributed by atoms with E-state index < -0.39 is 15.4 Å². The average Bonchev–Trinajstić information content (AvgIpc) is 3.62. The van der Waals surface area contributed by atoms with Gasteiger partial charge in [0.05, 0.1) is 52.4 Å². The molecule has 3 aromatic carbocycles. The number of aryl methyl sites for hydroxylation is 1. The van der Waals surface area contributed by atoms with Crippen molar-refractivity contribution in [3.8, 4) is 40.1 Å². The van der Waals surface area contributed by atoms with Crippen LogP contribution in [0.3, 0.4) is 0 Å². The van der Waals surface area contributed by atoms with Crippen LogP contribution in [0.5, 0.6) is 11.6 Å². The normalized spacial score (nSPS) is 16.0. The standard InChI is InChI=1S/C38H37N5O3Si/c1-25-33(35-34(31-17-12-20-40-36(31)41-35)32-21-27(44-5)19-18-26(32)22-39)37-43(42-25)23-28(24-45-37)46-47(38(2,3)4,29-13-8-6-9-14-29)30-15-10-7-11-16-30/h6-21,28H,23-24H2,1-5H3,(H,40,41)/t28-/m0/s1/i5D3. The van der Waals surface area contributed by atoms with Crippen LogP contribution in [0.25, 0.3) is 33.4 Å². The Morgan fingerprint density at radius 3 is 2.38 bits per heavy atom. The molecule has 47 heavy (non-hydrogen) atoms. The van der Waals surface area contributed by atoms with E-state index in [0.717, 1.165) is 10.9 Å². The minimum absolute atomic E-state index is 0.122. The Labute approximate surface area is 279 Å². The molecule has 0 unspecified atom stereocenters. The van der Waals surface area contributed by atoms with Gasteiger partial charge in [-0.05, 0) is 52.7 Å². The van der Waals surface area contributed by atoms with Crippen molar-refractivity contribution < 1.29 is 18.0 Å². The van der Waals surface area contributed by atoms with Crippen LogP contribution in [-0.2, 0) is 11.0 Å². The first-order valence-corrected chi connectivity index (χ1v) is 17.5. The van der Waals surface area contributed by atoms with Gasteiger partial charge < -0.3 is 18.9 Å². The van der Waals surface area contributed by atoms with Crippen LogP contribution in [0, 0.1) is 18.3 Å². The Hall–Kier alpha value is -5.17. The van der Waals surface area contributed by atoms with Crippen LogP contribution in [0.1, 0.15) is 36.1 Å². The molecule has 0 fully saturated rings. The van der Waals surface area contributed by atoms with Crippen LogP contribution >= 0.6 is 0 Å². The molecule has 6 aromatic rings. The highest BCUT2D eigenvalue weighted by atomic mass is 28.4. The van der Waals surface area contributed by atoms with Gasteiger partial charge in [0.1, 0.15) is 18.0 Å². The second-order valence-corrected chi connectivity index (χ2v) is 17.1. The number of hydrogen-bond donors (Lipinski definition) is 1. The quantitative estimate of drug-likeness (QED) is 0.197. The number of nitriles is 1. The zero-order valence-electron chi connectivity index (χ0n) is 29.7. The van der Waals surface area contributed by atoms with Crippen molar-refractivity contribution in [3.63, 3.8) is 0 Å². The number of rotatable bonds is 7. The minimum atomic E-state index is -2.86. The lowest BCUT2D eigenvalue weighted by molar-refractivity contribution is 0.0670. The van der Waals surface area contributed by atoms with E-state index in [4.69, 9.17) is 23.1 Å². The molecular formula is C38H37N5O3Si. The number of hydrogen-bond acceptors (Lipinski definition) is 6. The van der Waals surface area contributed by atoms with Crippen molar-refractivity contribution in [1.82, 2.24) is 19.7 Å². The van der Waals surface area contributed by atoms with Crippen molar-refractivity contribution >= 4 is 29.7 Å². The van der Waals surface area contributed by atoms with Crippen molar-refractivity contribution in [1.29, 1.82) is 5.26 Å². The SMILES string of the molecule is [2H]C([2H])([2H])Oc1ccc(C#N)c(-c2c(-c3c(C)nn4c3OC[C@@H](O[Si](c3ccccc3)(c3ccccc3)C(C)(C)C)C4)[nH]c3ncccc23)c1. The van der Waals surface area contributed by atoms with Crippen LogP contribution in [0.2, 0.25) is 5.04 Å². The van der Waals surface area contributed by atoms with Gasteiger partial charge in [-0.25, -0.2) is 9.67 Å². The summed E-state index contributed by atoms with van der Waals surface area (Å²) in [5, 5.41) is 18.0. The molecule has 0 amide bonds. The minimum Gasteiger partial charge on any atom is -0.497 e. The van der Waals surface area contributed by atoms with Crippen LogP contribution in [-0.4, -0.2) is 47.8 Å². The first kappa shape index (κ1) is 27.0. The number of aromatic nitrogens is 4. The van der Waals surface area contributed by atoms with Gasteiger partial charge in [0, 0.05) is 22.7 Å². The third kappa shape index (κ3) is 5.10. The number of nitrogens with one attached hydrogen (secondary N) is 1. The fourth-order valence-corrected chi connectivity index (χ4v) is 11.6. The van der Waals surface area contributed by atoms with E-state index in [2.05, 4.69) is 85.3 Å². The molecule has 3 aromatic heterocycles. The smallest absolute Gasteiger partial charge is 0.261 e. The van der Waals surface area contributed by atoms with Gasteiger partial charge in [0.15, 0.2) is 0 Å². The van der Waals surface area contributed by atoms with Crippen molar-refractivity contribution in [2.45, 2.75) is 45.4 Å². The molecule has 0 bridgehead atoms. The summed E-state index contributed by atoms with van der Waals surface area (Å²) in [7, 11) is -5.51. The number of ether oxygens (including phenoxy) is 2. The maximum Gasteiger partial charge on any atom is 0.261 e. The number of methoxy groups -OCH3 is 1. The van der Waals surface area contributed by atoms with E-state index in [1.807, 2.05) is 35.9 Å². The van der Waals surface area contributed by atoms with E-state index in [1.54, 1.807) is 18.3 Å². The summed E-state index contributed by atoms with van der Waals surface area (Å²) in [4.78, 5) is 8.02. The van der Waals surface area contributed by atoms with Crippen LogP contribution < -0.4 is 19.8 Å². The first-order chi connectivity index (χ1) is 23.9. The Kier molecular flexibility index (Phi) is 6.82. The molecule has 4 heterocycles. The van der Waals surface area contributed by atoms with E-state index in [1.165, 1.54) is 16.4 Å². The molecule has 236 valence electrons. The third-order valence-electron chi connectivity index (χ3n) is 8.94. The van der Waals surface area contributed by atoms with Crippen LogP contribution in [0.4, 0.5) is 0 Å². The largest absolute Gasteiger partial charge is 0.497 e. The number of aromatic amines is 1. The van der Waals surface area contributed by atoms with E-state index in [-0.39, 0.29) is 16.9 Å². The van der Waals surface area contributed by atoms with Gasteiger partial charge >= 0.3 is 0 Å². The maximum absolute atomic E-state index is 10.1. The van der Waals surface area contributed by atoms with E-state index >= 15 is 0 Å². The molecular weight excluding hydrogens is 603 g/mol. The molecule has 9 heteroatoms. The summed E-state index contributed by atoms with van der Waals surface area (Å²) in [6.07, 6.45) is 1.40. The number of fused-ring (bicyclic) bond motifs is 2. The molecule has 1 atom stereocenters. The molecule has 0 saturated carbocycles. The Balaban J connectivity index is 1.33. The zero-order chi connectivity index (χ0) is 35.3. The van der Waals surface area contributed by atoms with Gasteiger partial charge in [0.25, 0.3) is 8.32 Å². The molecule has 7 rings (SSSR count). The Morgan fingerprint density at radius 1 is 1.00 bits per heavy atom. The number of H-pyrrole nitrogens is 1. The average molecular weight is 643 g/mol. The molecule has 8 nitrogen and oxygen atoms in total. The zero-order valence-corrected chi connectivity index (χ0v) is 27.7. The highest BCUT2D eigenvalue weighted by molar-refractivity contribution is 6.99. The van der Waals surface area contributed by atoms with Gasteiger partial charge in [-0.3, -0.25) is 0 Å². The number of benzene rings is 3. The van der Waals surface area contributed by atoms with Gasteiger partial charge in [0.2, 0.25) is 5.88 Å². The van der Waals surface area contributed by atoms with Crippen molar-refractivity contribution in [2.75, 3.05) is 13.6 Å². The highest BCUT2D eigenvalue weighted by Crippen LogP contribution is 2.46. The molecule has 0 aliphatic carbocycles. The Bertz CT molecular complexity index is 2180. The van der Waals surface area contributed by atoms with Crippen molar-refractivity contribution in [2.24, 2.45) is 0 Å². The second kappa shape index (κ2) is 11.9. The summed E-state index contributed by atoms with van der Waals surface area (Å²) in [6, 6.07) is 31.7. The summed E-state index contributed by atoms with van der Waals surface area (Å²) in [5.74, 6) is 0.697. The van der Waals surface area contributed by atoms with Crippen molar-refractivity contribution in [3.05, 3.63) is 108 Å². The van der Waals surface area contributed by atoms with E-state index in [9.17, 15) is 5.26 Å². The topological polar surface area (TPSA) is 98.0 Å². The van der Waals surface area contributed by atoms with Crippen LogP contribution in [0.15, 0.2) is 97.2 Å². The lowest BCUT2D eigenvalue weighted by Crippen LogP contribution is -2.68. The Morgan fingerprint density at radius 2 is 1.72 bits per heavy atom. The monoisotopic (exact) mass is 642 g/mol. The summed E-state index contributed by atoms with van der Waals surface area (Å²) in [6.45, 7) is 9.46. The molecule has 1 N–H and O–H groups in total. The third-order valence-corrected chi connectivity index (χ3v) is 14.0. The second-order valence-electron chi connectivity index (χ2n) is 12.9. The fourth-order valence-electron chi connectivity index (χ4n) is 6.93. The molecule has 0 radical (unpaired) electrons. The predicted octanol–water partition coefficient (Wildman–Crippen LogP) is 6.62. The highest BCUT2D eigenvalue weighted by Gasteiger charge is 2.52.